The largest absolute Gasteiger partial charge is 0.358 e. The lowest BCUT2D eigenvalue weighted by atomic mass is 9.88. The minimum atomic E-state index is -0.156. The molecule has 1 amide bonds. The quantitative estimate of drug-likeness (QED) is 0.911. The summed E-state index contributed by atoms with van der Waals surface area (Å²) in [6.45, 7) is 2.37. The third-order valence-corrected chi connectivity index (χ3v) is 5.17. The van der Waals surface area contributed by atoms with Crippen LogP contribution in [0.4, 0.5) is 0 Å². The number of hydrogen-bond acceptors (Lipinski definition) is 3. The molecule has 0 saturated carbocycles. The Morgan fingerprint density at radius 3 is 2.87 bits per heavy atom. The van der Waals surface area contributed by atoms with E-state index in [9.17, 15) is 4.79 Å². The highest BCUT2D eigenvalue weighted by Gasteiger charge is 2.31. The van der Waals surface area contributed by atoms with Crippen LogP contribution in [0.5, 0.6) is 0 Å². The second kappa shape index (κ2) is 6.62. The number of amidine groups is 1. The van der Waals surface area contributed by atoms with Gasteiger partial charge in [-0.05, 0) is 35.7 Å². The van der Waals surface area contributed by atoms with E-state index in [0.29, 0.717) is 0 Å². The fraction of sp³-hybridized carbons (Fsp3) is 0.333. The molecule has 0 aliphatic carbocycles. The molecule has 5 heteroatoms. The molecule has 1 fully saturated rings. The van der Waals surface area contributed by atoms with E-state index in [1.54, 1.807) is 18.8 Å². The zero-order valence-electron chi connectivity index (χ0n) is 13.4. The number of nitrogens with one attached hydrogen (secondary N) is 2. The summed E-state index contributed by atoms with van der Waals surface area (Å²) in [4.78, 5) is 15.8. The first-order chi connectivity index (χ1) is 11.1. The van der Waals surface area contributed by atoms with Crippen LogP contribution in [0.3, 0.4) is 0 Å². The summed E-state index contributed by atoms with van der Waals surface area (Å²) in [6.07, 6.45) is 1.02. The number of amides is 1. The number of nitrogens with zero attached hydrogens (tertiary/aromatic N) is 1. The Morgan fingerprint density at radius 1 is 1.30 bits per heavy atom. The molecule has 0 radical (unpaired) electrons. The minimum Gasteiger partial charge on any atom is -0.358 e. The van der Waals surface area contributed by atoms with E-state index in [-0.39, 0.29) is 18.0 Å². The van der Waals surface area contributed by atoms with Gasteiger partial charge < -0.3 is 10.6 Å². The topological polar surface area (TPSA) is 53.5 Å². The van der Waals surface area contributed by atoms with Crippen molar-refractivity contribution in [2.45, 2.75) is 18.9 Å². The average molecular weight is 327 g/mol. The normalized spacial score (nSPS) is 22.8. The van der Waals surface area contributed by atoms with E-state index in [4.69, 9.17) is 0 Å². The van der Waals surface area contributed by atoms with E-state index in [1.807, 2.05) is 0 Å². The van der Waals surface area contributed by atoms with Gasteiger partial charge >= 0.3 is 0 Å². The van der Waals surface area contributed by atoms with Gasteiger partial charge in [-0.2, -0.15) is 0 Å². The minimum absolute atomic E-state index is 0.0714. The Kier molecular flexibility index (Phi) is 4.57. The van der Waals surface area contributed by atoms with Gasteiger partial charge in [-0.1, -0.05) is 48.2 Å². The number of carbonyl (C=O) groups is 1. The van der Waals surface area contributed by atoms with Gasteiger partial charge in [0.15, 0.2) is 5.17 Å². The summed E-state index contributed by atoms with van der Waals surface area (Å²) in [5, 5.41) is 9.45. The summed E-state index contributed by atoms with van der Waals surface area (Å²) in [5.74, 6) is 0.918. The monoisotopic (exact) mass is 327 g/mol. The van der Waals surface area contributed by atoms with Gasteiger partial charge in [0.25, 0.3) is 0 Å². The molecular weight excluding hydrogens is 306 g/mol. The molecule has 120 valence electrons. The van der Waals surface area contributed by atoms with Crippen molar-refractivity contribution in [3.63, 3.8) is 0 Å². The Hall–Kier alpha value is -2.01. The van der Waals surface area contributed by atoms with Crippen molar-refractivity contribution < 1.29 is 4.79 Å². The maximum absolute atomic E-state index is 11.4. The zero-order valence-corrected chi connectivity index (χ0v) is 14.2. The first-order valence-corrected chi connectivity index (χ1v) is 8.74. The Balaban J connectivity index is 1.85. The molecular formula is C18H21N3OS. The molecule has 2 aromatic carbocycles. The SMILES string of the molecule is CNC(=O)CN=C1NC(C)(c2ccc3ccccc3c2)CCS1. The number of thioether (sulfide) groups is 1. The summed E-state index contributed by atoms with van der Waals surface area (Å²) in [6, 6.07) is 15.0. The molecule has 1 heterocycles. The molecule has 2 aromatic rings. The summed E-state index contributed by atoms with van der Waals surface area (Å²) >= 11 is 1.68. The highest BCUT2D eigenvalue weighted by atomic mass is 32.2. The fourth-order valence-corrected chi connectivity index (χ4v) is 3.90. The van der Waals surface area contributed by atoms with Crippen molar-refractivity contribution >= 4 is 33.6 Å². The molecule has 1 unspecified atom stereocenters. The highest BCUT2D eigenvalue weighted by Crippen LogP contribution is 2.33. The van der Waals surface area contributed by atoms with Gasteiger partial charge in [-0.15, -0.1) is 0 Å². The second-order valence-corrected chi connectivity index (χ2v) is 7.00. The Morgan fingerprint density at radius 2 is 2.09 bits per heavy atom. The first kappa shape index (κ1) is 15.9. The van der Waals surface area contributed by atoms with Gasteiger partial charge in [0.05, 0.1) is 5.54 Å². The van der Waals surface area contributed by atoms with Crippen LogP contribution in [-0.2, 0) is 10.3 Å². The van der Waals surface area contributed by atoms with Crippen molar-refractivity contribution in [2.75, 3.05) is 19.3 Å². The van der Waals surface area contributed by atoms with Crippen LogP contribution >= 0.6 is 11.8 Å². The predicted octanol–water partition coefficient (Wildman–Crippen LogP) is 2.88. The van der Waals surface area contributed by atoms with Gasteiger partial charge in [0.2, 0.25) is 5.91 Å². The lowest BCUT2D eigenvalue weighted by Gasteiger charge is -2.36. The molecule has 1 atom stereocenters. The molecule has 0 aromatic heterocycles. The van der Waals surface area contributed by atoms with Crippen molar-refractivity contribution in [2.24, 2.45) is 4.99 Å². The summed E-state index contributed by atoms with van der Waals surface area (Å²) in [7, 11) is 1.63. The number of fused-ring (bicyclic) bond motifs is 1. The fourth-order valence-electron chi connectivity index (χ4n) is 2.74. The van der Waals surface area contributed by atoms with Gasteiger partial charge in [-0.25, -0.2) is 0 Å². The number of hydrogen-bond donors (Lipinski definition) is 2. The Labute approximate surface area is 140 Å². The second-order valence-electron chi connectivity index (χ2n) is 5.91. The van der Waals surface area contributed by atoms with Crippen molar-refractivity contribution in [1.82, 2.24) is 10.6 Å². The van der Waals surface area contributed by atoms with Gasteiger partial charge in [0.1, 0.15) is 6.54 Å². The highest BCUT2D eigenvalue weighted by molar-refractivity contribution is 8.13. The van der Waals surface area contributed by atoms with Crippen LogP contribution in [0.2, 0.25) is 0 Å². The number of carbonyl (C=O) groups excluding carboxylic acids is 1. The van der Waals surface area contributed by atoms with Crippen LogP contribution in [0, 0.1) is 0 Å². The van der Waals surface area contributed by atoms with Crippen LogP contribution in [0.15, 0.2) is 47.5 Å². The molecule has 3 rings (SSSR count). The van der Waals surface area contributed by atoms with E-state index in [0.717, 1.165) is 17.3 Å². The molecule has 1 aliphatic rings. The van der Waals surface area contributed by atoms with E-state index >= 15 is 0 Å². The number of rotatable bonds is 3. The standard InChI is InChI=1S/C18H21N3OS/c1-18(9-10-23-17(21-18)20-12-16(22)19-2)15-8-7-13-5-3-4-6-14(13)11-15/h3-8,11H,9-10,12H2,1-2H3,(H,19,22)(H,20,21). The molecule has 0 bridgehead atoms. The van der Waals surface area contributed by atoms with E-state index < -0.39 is 0 Å². The lowest BCUT2D eigenvalue weighted by Crippen LogP contribution is -2.46. The Bertz CT molecular complexity index is 759. The number of aliphatic imine (C=N–C) groups is 1. The maximum atomic E-state index is 11.4. The smallest absolute Gasteiger partial charge is 0.241 e. The van der Waals surface area contributed by atoms with Crippen LogP contribution in [0.1, 0.15) is 18.9 Å². The van der Waals surface area contributed by atoms with Crippen molar-refractivity contribution in [3.05, 3.63) is 48.0 Å². The molecule has 0 spiro atoms. The third kappa shape index (κ3) is 3.50. The van der Waals surface area contributed by atoms with E-state index in [2.05, 4.69) is 65.0 Å². The lowest BCUT2D eigenvalue weighted by molar-refractivity contribution is -0.119. The third-order valence-electron chi connectivity index (χ3n) is 4.26. The maximum Gasteiger partial charge on any atom is 0.241 e. The van der Waals surface area contributed by atoms with Crippen LogP contribution < -0.4 is 10.6 Å². The molecule has 1 saturated heterocycles. The zero-order chi connectivity index (χ0) is 16.3. The first-order valence-electron chi connectivity index (χ1n) is 7.76. The average Bonchev–Trinajstić information content (AvgIpc) is 2.59. The number of benzene rings is 2. The van der Waals surface area contributed by atoms with Crippen LogP contribution in [-0.4, -0.2) is 30.4 Å². The molecule has 2 N–H and O–H groups in total. The van der Waals surface area contributed by atoms with Crippen molar-refractivity contribution in [3.8, 4) is 0 Å². The molecule has 1 aliphatic heterocycles. The van der Waals surface area contributed by atoms with E-state index in [1.165, 1.54) is 16.3 Å². The van der Waals surface area contributed by atoms with Gasteiger partial charge in [0, 0.05) is 12.8 Å². The molecule has 23 heavy (non-hydrogen) atoms. The summed E-state index contributed by atoms with van der Waals surface area (Å²) in [5.41, 5.74) is 1.10. The number of likely N-dealkylation sites (N-methyl/N-ethyl adjacent to an activating group) is 1. The predicted molar refractivity (Wildman–Crippen MR) is 97.9 cm³/mol. The van der Waals surface area contributed by atoms with Crippen molar-refractivity contribution in [1.29, 1.82) is 0 Å². The summed E-state index contributed by atoms with van der Waals surface area (Å²) < 4.78 is 0. The van der Waals surface area contributed by atoms with Crippen LogP contribution in [0.25, 0.3) is 10.8 Å². The molecule has 4 nitrogen and oxygen atoms in total. The van der Waals surface area contributed by atoms with Gasteiger partial charge in [-0.3, -0.25) is 9.79 Å².